The van der Waals surface area contributed by atoms with Crippen molar-refractivity contribution in [3.8, 4) is 11.5 Å². The van der Waals surface area contributed by atoms with E-state index in [-0.39, 0.29) is 0 Å². The number of benzene rings is 2. The van der Waals surface area contributed by atoms with E-state index in [4.69, 9.17) is 20.9 Å². The van der Waals surface area contributed by atoms with Crippen molar-refractivity contribution in [2.24, 2.45) is 0 Å². The van der Waals surface area contributed by atoms with E-state index in [1.54, 1.807) is 0 Å². The molecule has 0 N–H and O–H groups in total. The van der Waals surface area contributed by atoms with E-state index in [1.807, 2.05) is 36.4 Å². The molecule has 0 saturated carbocycles. The predicted molar refractivity (Wildman–Crippen MR) is 96.2 cm³/mol. The van der Waals surface area contributed by atoms with Crippen LogP contribution >= 0.6 is 17.9 Å². The first-order valence-corrected chi connectivity index (χ1v) is 10.7. The lowest BCUT2D eigenvalue weighted by molar-refractivity contribution is 0.506. The molecule has 0 heterocycles. The van der Waals surface area contributed by atoms with Crippen molar-refractivity contribution in [3.63, 3.8) is 0 Å². The van der Waals surface area contributed by atoms with E-state index >= 15 is 0 Å². The molecule has 0 aliphatic carbocycles. The summed E-state index contributed by atoms with van der Waals surface area (Å²) in [4.78, 5) is 0. The highest BCUT2D eigenvalue weighted by Crippen LogP contribution is 2.53. The van der Waals surface area contributed by atoms with Crippen LogP contribution in [0.2, 0.25) is 0 Å². The Morgan fingerprint density at radius 3 is 1.71 bits per heavy atom. The van der Waals surface area contributed by atoms with Crippen molar-refractivity contribution >= 4 is 29.7 Å². The summed E-state index contributed by atoms with van der Waals surface area (Å²) in [7, 11) is 0. The summed E-state index contributed by atoms with van der Waals surface area (Å²) < 4.78 is 11.6. The standard InChI is InChI=1S/C16H19O2PS2/c1-3-13-7-5-9-15(11-13)17-19(20,21)18-16-10-6-8-14(4-2)12-16/h5-12H,3-4H2,1-2H3,(H,20,21). The van der Waals surface area contributed by atoms with Crippen LogP contribution in [0.15, 0.2) is 48.5 Å². The first-order valence-electron chi connectivity index (χ1n) is 6.92. The molecule has 0 spiro atoms. The van der Waals surface area contributed by atoms with Gasteiger partial charge in [0.25, 0.3) is 0 Å². The molecule has 112 valence electrons. The average molecular weight is 338 g/mol. The third-order valence-electron chi connectivity index (χ3n) is 3.05. The average Bonchev–Trinajstić information content (AvgIpc) is 2.46. The van der Waals surface area contributed by atoms with Crippen LogP contribution in [0.4, 0.5) is 0 Å². The van der Waals surface area contributed by atoms with E-state index in [0.29, 0.717) is 11.5 Å². The van der Waals surface area contributed by atoms with Gasteiger partial charge in [-0.2, -0.15) is 0 Å². The van der Waals surface area contributed by atoms with Gasteiger partial charge in [0.2, 0.25) is 0 Å². The molecule has 0 fully saturated rings. The number of hydrogen-bond donors (Lipinski definition) is 1. The molecule has 0 radical (unpaired) electrons. The molecule has 0 unspecified atom stereocenters. The third kappa shape index (κ3) is 5.06. The minimum atomic E-state index is -2.67. The van der Waals surface area contributed by atoms with Crippen molar-refractivity contribution in [1.82, 2.24) is 0 Å². The van der Waals surface area contributed by atoms with Crippen molar-refractivity contribution < 1.29 is 9.05 Å². The molecule has 0 bridgehead atoms. The minimum Gasteiger partial charge on any atom is -0.428 e. The Morgan fingerprint density at radius 2 is 1.33 bits per heavy atom. The van der Waals surface area contributed by atoms with Crippen LogP contribution < -0.4 is 9.05 Å². The predicted octanol–water partition coefficient (Wildman–Crippen LogP) is 5.42. The zero-order valence-electron chi connectivity index (χ0n) is 12.2. The lowest BCUT2D eigenvalue weighted by Gasteiger charge is -2.19. The van der Waals surface area contributed by atoms with Crippen molar-refractivity contribution in [2.75, 3.05) is 0 Å². The van der Waals surface area contributed by atoms with E-state index < -0.39 is 5.69 Å². The number of aryl methyl sites for hydroxylation is 2. The Labute approximate surface area is 136 Å². The van der Waals surface area contributed by atoms with E-state index in [1.165, 1.54) is 11.1 Å². The highest BCUT2D eigenvalue weighted by atomic mass is 32.9. The maximum absolute atomic E-state index is 5.79. The molecule has 0 amide bonds. The fourth-order valence-electron chi connectivity index (χ4n) is 1.93. The quantitative estimate of drug-likeness (QED) is 0.560. The van der Waals surface area contributed by atoms with Gasteiger partial charge < -0.3 is 9.05 Å². The minimum absolute atomic E-state index is 0.708. The van der Waals surface area contributed by atoms with Gasteiger partial charge in [-0.3, -0.25) is 0 Å². The summed E-state index contributed by atoms with van der Waals surface area (Å²) in [5.74, 6) is 1.42. The summed E-state index contributed by atoms with van der Waals surface area (Å²) in [6, 6.07) is 15.7. The van der Waals surface area contributed by atoms with Crippen LogP contribution in [0, 0.1) is 0 Å². The first kappa shape index (κ1) is 16.4. The van der Waals surface area contributed by atoms with Gasteiger partial charge >= 0.3 is 5.69 Å². The molecular weight excluding hydrogens is 319 g/mol. The lowest BCUT2D eigenvalue weighted by atomic mass is 10.2. The normalized spacial score (nSPS) is 11.2. The lowest BCUT2D eigenvalue weighted by Crippen LogP contribution is -1.96. The van der Waals surface area contributed by atoms with Gasteiger partial charge in [-0.1, -0.05) is 50.4 Å². The zero-order valence-corrected chi connectivity index (χ0v) is 14.8. The molecule has 0 aliphatic heterocycles. The summed E-state index contributed by atoms with van der Waals surface area (Å²) in [6.45, 7) is 4.20. The van der Waals surface area contributed by atoms with Crippen LogP contribution in [0.5, 0.6) is 11.5 Å². The zero-order chi connectivity index (χ0) is 15.3. The van der Waals surface area contributed by atoms with Crippen molar-refractivity contribution in [3.05, 3.63) is 59.7 Å². The maximum atomic E-state index is 5.79. The number of hydrogen-bond acceptors (Lipinski definition) is 3. The second-order valence-electron chi connectivity index (χ2n) is 4.65. The second-order valence-corrected chi connectivity index (χ2v) is 9.79. The molecule has 2 nitrogen and oxygen atoms in total. The number of rotatable bonds is 6. The third-order valence-corrected chi connectivity index (χ3v) is 4.88. The summed E-state index contributed by atoms with van der Waals surface area (Å²) in [5, 5.41) is 0. The largest absolute Gasteiger partial charge is 0.428 e. The van der Waals surface area contributed by atoms with Crippen LogP contribution in [0.25, 0.3) is 0 Å². The topological polar surface area (TPSA) is 18.5 Å². The van der Waals surface area contributed by atoms with E-state index in [0.717, 1.165) is 12.8 Å². The van der Waals surface area contributed by atoms with Crippen LogP contribution in [0.1, 0.15) is 25.0 Å². The molecule has 0 aromatic heterocycles. The fraction of sp³-hybridized carbons (Fsp3) is 0.250. The van der Waals surface area contributed by atoms with Crippen molar-refractivity contribution in [2.45, 2.75) is 26.7 Å². The van der Waals surface area contributed by atoms with Gasteiger partial charge in [0.05, 0.1) is 0 Å². The van der Waals surface area contributed by atoms with Gasteiger partial charge in [0.1, 0.15) is 11.5 Å². The smallest absolute Gasteiger partial charge is 0.345 e. The Hall–Kier alpha value is -0.960. The maximum Gasteiger partial charge on any atom is 0.345 e. The fourth-order valence-corrected chi connectivity index (χ4v) is 3.81. The Kier molecular flexibility index (Phi) is 5.74. The highest BCUT2D eigenvalue weighted by Gasteiger charge is 2.17. The molecule has 2 aromatic rings. The van der Waals surface area contributed by atoms with Gasteiger partial charge in [0.15, 0.2) is 0 Å². The Morgan fingerprint density at radius 1 is 0.905 bits per heavy atom. The monoisotopic (exact) mass is 338 g/mol. The van der Waals surface area contributed by atoms with Gasteiger partial charge in [0, 0.05) is 0 Å². The molecule has 0 aliphatic rings. The summed E-state index contributed by atoms with van der Waals surface area (Å²) in [6.07, 6.45) is 1.90. The molecule has 2 aromatic carbocycles. The van der Waals surface area contributed by atoms with E-state index in [2.05, 4.69) is 38.2 Å². The molecule has 2 rings (SSSR count). The molecule has 5 heteroatoms. The SMILES string of the molecule is CCc1cccc(OP(=S)(S)Oc2cccc(CC)c2)c1. The molecule has 0 saturated heterocycles. The molecule has 0 atom stereocenters. The van der Waals surface area contributed by atoms with Gasteiger partial charge in [-0.25, -0.2) is 0 Å². The molecular formula is C16H19O2PS2. The molecule has 21 heavy (non-hydrogen) atoms. The van der Waals surface area contributed by atoms with Crippen LogP contribution in [-0.4, -0.2) is 0 Å². The van der Waals surface area contributed by atoms with Gasteiger partial charge in [-0.15, -0.1) is 0 Å². The van der Waals surface area contributed by atoms with E-state index in [9.17, 15) is 0 Å². The highest BCUT2D eigenvalue weighted by molar-refractivity contribution is 8.60. The second kappa shape index (κ2) is 7.35. The number of thiol groups is 1. The summed E-state index contributed by atoms with van der Waals surface area (Å²) in [5.41, 5.74) is -0.273. The first-order chi connectivity index (χ1) is 10.0. The van der Waals surface area contributed by atoms with Crippen LogP contribution in [0.3, 0.4) is 0 Å². The summed E-state index contributed by atoms with van der Waals surface area (Å²) >= 11 is 9.82. The van der Waals surface area contributed by atoms with Gasteiger partial charge in [-0.05, 0) is 60.0 Å². The Balaban J connectivity index is 2.12. The Bertz CT molecular complexity index is 605. The van der Waals surface area contributed by atoms with Crippen LogP contribution in [-0.2, 0) is 24.6 Å². The van der Waals surface area contributed by atoms with Crippen molar-refractivity contribution in [1.29, 1.82) is 0 Å².